The number of allylic oxidation sites excluding steroid dienone is 1. The van der Waals surface area contributed by atoms with Crippen LogP contribution >= 0.6 is 0 Å². The van der Waals surface area contributed by atoms with E-state index in [2.05, 4.69) is 16.5 Å². The highest BCUT2D eigenvalue weighted by molar-refractivity contribution is 5.96. The summed E-state index contributed by atoms with van der Waals surface area (Å²) in [5, 5.41) is 11.2. The Morgan fingerprint density at radius 2 is 1.87 bits per heavy atom. The summed E-state index contributed by atoms with van der Waals surface area (Å²) >= 11 is 0. The molecule has 112 valence electrons. The second-order valence-electron chi connectivity index (χ2n) is 5.02. The van der Waals surface area contributed by atoms with E-state index in [0.717, 1.165) is 27.5 Å². The first-order valence-electron chi connectivity index (χ1n) is 7.04. The van der Waals surface area contributed by atoms with Gasteiger partial charge in [0.2, 0.25) is 0 Å². The Morgan fingerprint density at radius 3 is 2.57 bits per heavy atom. The van der Waals surface area contributed by atoms with Crippen molar-refractivity contribution >= 4 is 16.5 Å². The summed E-state index contributed by atoms with van der Waals surface area (Å²) in [5.74, 6) is 5.29. The monoisotopic (exact) mass is 301 g/mol. The Bertz CT molecular complexity index is 915. The van der Waals surface area contributed by atoms with E-state index in [4.69, 9.17) is 16.8 Å². The van der Waals surface area contributed by atoms with Crippen LogP contribution in [0.2, 0.25) is 0 Å². The molecule has 3 rings (SSSR count). The lowest BCUT2D eigenvalue weighted by Crippen LogP contribution is -2.23. The molecule has 0 saturated carbocycles. The minimum Gasteiger partial charge on any atom is -0.396 e. The van der Waals surface area contributed by atoms with Crippen LogP contribution < -0.4 is 17.0 Å². The minimum absolute atomic E-state index is 0.147. The topological polar surface area (TPSA) is 101 Å². The summed E-state index contributed by atoms with van der Waals surface area (Å²) < 4.78 is 0. The maximum atomic E-state index is 8.97. The molecule has 0 amide bonds. The molecule has 5 nitrogen and oxygen atoms in total. The van der Waals surface area contributed by atoms with Gasteiger partial charge in [-0.1, -0.05) is 42.5 Å². The van der Waals surface area contributed by atoms with Gasteiger partial charge in [0, 0.05) is 23.3 Å². The van der Waals surface area contributed by atoms with E-state index in [-0.39, 0.29) is 5.70 Å². The van der Waals surface area contributed by atoms with Crippen LogP contribution in [0.25, 0.3) is 27.6 Å². The summed E-state index contributed by atoms with van der Waals surface area (Å²) in [6.07, 6.45) is 3.63. The van der Waals surface area contributed by atoms with Gasteiger partial charge < -0.3 is 11.2 Å². The van der Waals surface area contributed by atoms with Crippen LogP contribution in [-0.2, 0) is 0 Å². The van der Waals surface area contributed by atoms with Gasteiger partial charge in [0.05, 0.1) is 5.70 Å². The van der Waals surface area contributed by atoms with Gasteiger partial charge in [0.15, 0.2) is 5.70 Å². The predicted molar refractivity (Wildman–Crippen MR) is 91.2 cm³/mol. The third kappa shape index (κ3) is 2.71. The molecule has 0 saturated heterocycles. The molecule has 3 aromatic rings. The van der Waals surface area contributed by atoms with Gasteiger partial charge in [-0.2, -0.15) is 5.26 Å². The van der Waals surface area contributed by atoms with Crippen molar-refractivity contribution in [3.63, 3.8) is 0 Å². The number of nitrogens with zero attached hydrogens (tertiary/aromatic N) is 2. The first-order valence-corrected chi connectivity index (χ1v) is 7.04. The van der Waals surface area contributed by atoms with E-state index in [0.29, 0.717) is 5.70 Å². The summed E-state index contributed by atoms with van der Waals surface area (Å²) in [7, 11) is 0. The maximum Gasteiger partial charge on any atom is 0.151 e. The summed E-state index contributed by atoms with van der Waals surface area (Å²) in [6, 6.07) is 17.7. The Morgan fingerprint density at radius 1 is 1.09 bits per heavy atom. The number of pyridine rings is 1. The molecule has 5 heteroatoms. The fourth-order valence-corrected chi connectivity index (χ4v) is 2.52. The van der Waals surface area contributed by atoms with Crippen molar-refractivity contribution in [1.29, 1.82) is 5.26 Å². The molecule has 0 aliphatic rings. The molecule has 0 atom stereocenters. The van der Waals surface area contributed by atoms with E-state index >= 15 is 0 Å². The van der Waals surface area contributed by atoms with E-state index in [1.807, 2.05) is 54.7 Å². The van der Waals surface area contributed by atoms with E-state index in [1.54, 1.807) is 6.20 Å². The Kier molecular flexibility index (Phi) is 3.91. The average molecular weight is 301 g/mol. The van der Waals surface area contributed by atoms with Gasteiger partial charge in [-0.15, -0.1) is 0 Å². The van der Waals surface area contributed by atoms with E-state index < -0.39 is 0 Å². The zero-order valence-electron chi connectivity index (χ0n) is 12.3. The SMILES string of the molecule is N#C/C(NN)=C(/N)c1ccc(-c2cccc3cnccc23)cc1. The highest BCUT2D eigenvalue weighted by Crippen LogP contribution is 2.28. The largest absolute Gasteiger partial charge is 0.396 e. The van der Waals surface area contributed by atoms with Crippen molar-refractivity contribution in [3.8, 4) is 17.2 Å². The molecular formula is C18H15N5. The number of nitrogens with one attached hydrogen (secondary N) is 1. The lowest BCUT2D eigenvalue weighted by atomic mass is 9.98. The highest BCUT2D eigenvalue weighted by atomic mass is 15.2. The molecule has 0 bridgehead atoms. The molecule has 23 heavy (non-hydrogen) atoms. The summed E-state index contributed by atoms with van der Waals surface area (Å²) in [4.78, 5) is 4.15. The number of fused-ring (bicyclic) bond motifs is 1. The zero-order valence-corrected chi connectivity index (χ0v) is 12.3. The molecule has 0 aliphatic heterocycles. The third-order valence-corrected chi connectivity index (χ3v) is 3.71. The number of hydrazine groups is 1. The van der Waals surface area contributed by atoms with Gasteiger partial charge in [0.1, 0.15) is 6.07 Å². The second kappa shape index (κ2) is 6.18. The number of nitriles is 1. The zero-order chi connectivity index (χ0) is 16.2. The van der Waals surface area contributed by atoms with Crippen LogP contribution in [0.1, 0.15) is 5.56 Å². The maximum absolute atomic E-state index is 8.97. The van der Waals surface area contributed by atoms with Gasteiger partial charge >= 0.3 is 0 Å². The van der Waals surface area contributed by atoms with Crippen molar-refractivity contribution in [2.24, 2.45) is 11.6 Å². The number of nitrogens with two attached hydrogens (primary N) is 2. The number of aromatic nitrogens is 1. The number of rotatable bonds is 3. The molecule has 0 fully saturated rings. The van der Waals surface area contributed by atoms with Crippen molar-refractivity contribution in [1.82, 2.24) is 10.4 Å². The average Bonchev–Trinajstić information content (AvgIpc) is 2.62. The summed E-state index contributed by atoms with van der Waals surface area (Å²) in [6.45, 7) is 0. The molecule has 1 heterocycles. The smallest absolute Gasteiger partial charge is 0.151 e. The van der Waals surface area contributed by atoms with Gasteiger partial charge in [0.25, 0.3) is 0 Å². The second-order valence-corrected chi connectivity index (χ2v) is 5.02. The Labute approximate surface area is 133 Å². The van der Waals surface area contributed by atoms with Gasteiger partial charge in [-0.3, -0.25) is 4.98 Å². The Hall–Kier alpha value is -3.36. The Balaban J connectivity index is 2.06. The van der Waals surface area contributed by atoms with Crippen LogP contribution in [0, 0.1) is 11.3 Å². The van der Waals surface area contributed by atoms with Crippen LogP contribution in [0.4, 0.5) is 0 Å². The molecule has 0 radical (unpaired) electrons. The van der Waals surface area contributed by atoms with Crippen LogP contribution in [0.15, 0.2) is 66.6 Å². The van der Waals surface area contributed by atoms with E-state index in [9.17, 15) is 0 Å². The quantitative estimate of drug-likeness (QED) is 0.392. The molecule has 0 aliphatic carbocycles. The molecule has 1 aromatic heterocycles. The first kappa shape index (κ1) is 14.6. The molecule has 0 unspecified atom stereocenters. The van der Waals surface area contributed by atoms with E-state index in [1.165, 1.54) is 0 Å². The fraction of sp³-hybridized carbons (Fsp3) is 0. The predicted octanol–water partition coefficient (Wildman–Crippen LogP) is 2.52. The standard InChI is InChI=1S/C18H15N5/c19-10-17(23-21)18(20)13-6-4-12(5-7-13)15-3-1-2-14-11-22-9-8-16(14)15/h1-9,11,23H,20-21H2/b18-17-. The van der Waals surface area contributed by atoms with Crippen molar-refractivity contribution in [2.45, 2.75) is 0 Å². The molecule has 5 N–H and O–H groups in total. The lowest BCUT2D eigenvalue weighted by molar-refractivity contribution is 0.920. The van der Waals surface area contributed by atoms with Crippen LogP contribution in [0.3, 0.4) is 0 Å². The van der Waals surface area contributed by atoms with Crippen LogP contribution in [0.5, 0.6) is 0 Å². The van der Waals surface area contributed by atoms with Gasteiger partial charge in [-0.25, -0.2) is 5.84 Å². The van der Waals surface area contributed by atoms with Crippen LogP contribution in [-0.4, -0.2) is 4.98 Å². The van der Waals surface area contributed by atoms with Crippen molar-refractivity contribution in [3.05, 3.63) is 72.2 Å². The fourth-order valence-electron chi connectivity index (χ4n) is 2.52. The van der Waals surface area contributed by atoms with Crippen molar-refractivity contribution < 1.29 is 0 Å². The number of hydrogen-bond donors (Lipinski definition) is 3. The van der Waals surface area contributed by atoms with Crippen molar-refractivity contribution in [2.75, 3.05) is 0 Å². The molecular weight excluding hydrogens is 286 g/mol. The third-order valence-electron chi connectivity index (χ3n) is 3.71. The normalized spacial score (nSPS) is 11.7. The first-order chi connectivity index (χ1) is 11.2. The minimum atomic E-state index is 0.147. The molecule has 0 spiro atoms. The molecule has 2 aromatic carbocycles. The number of benzene rings is 2. The highest BCUT2D eigenvalue weighted by Gasteiger charge is 2.07. The lowest BCUT2D eigenvalue weighted by Gasteiger charge is -2.09. The van der Waals surface area contributed by atoms with Gasteiger partial charge in [-0.05, 0) is 22.6 Å². The summed E-state index contributed by atoms with van der Waals surface area (Å²) in [5.41, 5.74) is 11.7. The number of hydrogen-bond acceptors (Lipinski definition) is 5.